The van der Waals surface area contributed by atoms with Gasteiger partial charge in [-0.15, -0.1) is 0 Å². The standard InChI is InChI=1S/C13H15N5O4/c1-2-6-8(19)9(20)12(22-6)18-5-15-7-10(21)16-13-14-3-4-17(13)11(7)18/h3-6,8-9,12,19-20H,2H2,1H3,(H,14,16,21)/t6-,8-,9-,12-/m1/s1. The van der Waals surface area contributed by atoms with Crippen molar-refractivity contribution in [2.24, 2.45) is 0 Å². The first-order valence-electron chi connectivity index (χ1n) is 7.05. The number of nitrogens with zero attached hydrogens (tertiary/aromatic N) is 4. The van der Waals surface area contributed by atoms with Crippen molar-refractivity contribution in [3.63, 3.8) is 0 Å². The summed E-state index contributed by atoms with van der Waals surface area (Å²) >= 11 is 0. The second-order valence-corrected chi connectivity index (χ2v) is 5.35. The van der Waals surface area contributed by atoms with Crippen LogP contribution in [-0.4, -0.2) is 52.4 Å². The molecular formula is C13H15N5O4. The minimum atomic E-state index is -1.10. The summed E-state index contributed by atoms with van der Waals surface area (Å²) in [6, 6.07) is 0. The van der Waals surface area contributed by atoms with Gasteiger partial charge in [-0.05, 0) is 6.42 Å². The van der Waals surface area contributed by atoms with E-state index in [0.29, 0.717) is 17.8 Å². The van der Waals surface area contributed by atoms with E-state index in [1.807, 2.05) is 6.92 Å². The smallest absolute Gasteiger partial charge is 0.280 e. The van der Waals surface area contributed by atoms with Gasteiger partial charge in [0.1, 0.15) is 12.2 Å². The Hall–Kier alpha value is -2.23. The summed E-state index contributed by atoms with van der Waals surface area (Å²) in [4.78, 5) is 22.8. The van der Waals surface area contributed by atoms with Crippen LogP contribution < -0.4 is 5.56 Å². The van der Waals surface area contributed by atoms with Crippen molar-refractivity contribution in [3.05, 3.63) is 29.1 Å². The lowest BCUT2D eigenvalue weighted by atomic mass is 10.1. The number of fused-ring (bicyclic) bond motifs is 3. The summed E-state index contributed by atoms with van der Waals surface area (Å²) in [5.41, 5.74) is 0.313. The normalized spacial score (nSPS) is 28.9. The molecule has 0 amide bonds. The number of rotatable bonds is 2. The van der Waals surface area contributed by atoms with E-state index in [1.165, 1.54) is 6.33 Å². The minimum absolute atomic E-state index is 0.218. The van der Waals surface area contributed by atoms with Crippen LogP contribution in [0.2, 0.25) is 0 Å². The van der Waals surface area contributed by atoms with Gasteiger partial charge >= 0.3 is 0 Å². The van der Waals surface area contributed by atoms with Crippen LogP contribution in [-0.2, 0) is 4.74 Å². The number of nitrogens with one attached hydrogen (secondary N) is 1. The van der Waals surface area contributed by atoms with E-state index in [9.17, 15) is 15.0 Å². The highest BCUT2D eigenvalue weighted by Gasteiger charge is 2.43. The monoisotopic (exact) mass is 305 g/mol. The lowest BCUT2D eigenvalue weighted by Gasteiger charge is -2.17. The Morgan fingerprint density at radius 3 is 2.91 bits per heavy atom. The molecule has 1 fully saturated rings. The van der Waals surface area contributed by atoms with Gasteiger partial charge in [-0.1, -0.05) is 6.92 Å². The maximum Gasteiger partial charge on any atom is 0.280 e. The zero-order valence-electron chi connectivity index (χ0n) is 11.7. The van der Waals surface area contributed by atoms with Crippen LogP contribution in [0.25, 0.3) is 16.9 Å². The maximum absolute atomic E-state index is 12.0. The lowest BCUT2D eigenvalue weighted by molar-refractivity contribution is -0.0356. The summed E-state index contributed by atoms with van der Waals surface area (Å²) in [5.74, 6) is 0.374. The van der Waals surface area contributed by atoms with Crippen molar-refractivity contribution in [2.45, 2.75) is 37.9 Å². The number of ether oxygens (including phenoxy) is 1. The summed E-state index contributed by atoms with van der Waals surface area (Å²) < 4.78 is 8.95. The fraction of sp³-hybridized carbons (Fsp3) is 0.462. The minimum Gasteiger partial charge on any atom is -0.388 e. The van der Waals surface area contributed by atoms with Crippen LogP contribution in [0, 0.1) is 0 Å². The van der Waals surface area contributed by atoms with E-state index in [0.717, 1.165) is 0 Å². The van der Waals surface area contributed by atoms with Crippen LogP contribution in [0.1, 0.15) is 19.6 Å². The molecule has 0 radical (unpaired) electrons. The second-order valence-electron chi connectivity index (χ2n) is 5.35. The molecule has 9 heteroatoms. The number of H-pyrrole nitrogens is 1. The van der Waals surface area contributed by atoms with Gasteiger partial charge in [-0.25, -0.2) is 9.97 Å². The summed E-state index contributed by atoms with van der Waals surface area (Å²) in [7, 11) is 0. The van der Waals surface area contributed by atoms with Gasteiger partial charge in [0.25, 0.3) is 5.56 Å². The predicted octanol–water partition coefficient (Wildman–Crippen LogP) is -0.599. The van der Waals surface area contributed by atoms with Gasteiger partial charge < -0.3 is 14.9 Å². The van der Waals surface area contributed by atoms with Crippen LogP contribution in [0.15, 0.2) is 23.5 Å². The first-order valence-corrected chi connectivity index (χ1v) is 7.05. The molecule has 4 atom stereocenters. The van der Waals surface area contributed by atoms with Crippen LogP contribution in [0.4, 0.5) is 0 Å². The van der Waals surface area contributed by atoms with E-state index in [-0.39, 0.29) is 11.1 Å². The predicted molar refractivity (Wildman–Crippen MR) is 75.3 cm³/mol. The molecule has 3 aromatic heterocycles. The molecule has 3 aromatic rings. The SMILES string of the molecule is CC[C@H]1O[C@@H](n2cnc3c(=O)[nH]c4nccn4c32)[C@H](O)[C@@H]1O. The largest absolute Gasteiger partial charge is 0.388 e. The third-order valence-electron chi connectivity index (χ3n) is 4.09. The first kappa shape index (κ1) is 13.4. The van der Waals surface area contributed by atoms with Gasteiger partial charge in [0.05, 0.1) is 12.4 Å². The zero-order chi connectivity index (χ0) is 15.4. The fourth-order valence-corrected chi connectivity index (χ4v) is 2.96. The molecule has 3 N–H and O–H groups in total. The van der Waals surface area contributed by atoms with E-state index in [1.54, 1.807) is 21.4 Å². The Morgan fingerprint density at radius 1 is 1.36 bits per heavy atom. The average Bonchev–Trinajstić information content (AvgIpc) is 3.18. The number of aliphatic hydroxyl groups excluding tert-OH is 2. The van der Waals surface area contributed by atoms with Crippen molar-refractivity contribution >= 4 is 16.9 Å². The van der Waals surface area contributed by atoms with Crippen LogP contribution >= 0.6 is 0 Å². The molecule has 4 heterocycles. The number of imidazole rings is 2. The van der Waals surface area contributed by atoms with Crippen LogP contribution in [0.3, 0.4) is 0 Å². The molecule has 0 spiro atoms. The van der Waals surface area contributed by atoms with Crippen LogP contribution in [0.5, 0.6) is 0 Å². The Kier molecular flexibility index (Phi) is 2.83. The van der Waals surface area contributed by atoms with E-state index >= 15 is 0 Å². The Morgan fingerprint density at radius 2 is 2.18 bits per heavy atom. The number of hydrogen-bond acceptors (Lipinski definition) is 6. The molecule has 22 heavy (non-hydrogen) atoms. The average molecular weight is 305 g/mol. The third-order valence-corrected chi connectivity index (χ3v) is 4.09. The highest BCUT2D eigenvalue weighted by molar-refractivity contribution is 5.72. The molecular weight excluding hydrogens is 290 g/mol. The number of aromatic amines is 1. The first-order chi connectivity index (χ1) is 10.6. The quantitative estimate of drug-likeness (QED) is 0.582. The molecule has 0 saturated carbocycles. The summed E-state index contributed by atoms with van der Waals surface area (Å²) in [6.07, 6.45) is 1.89. The van der Waals surface area contributed by atoms with E-state index in [4.69, 9.17) is 4.74 Å². The molecule has 0 aliphatic carbocycles. The summed E-state index contributed by atoms with van der Waals surface area (Å²) in [5, 5.41) is 20.3. The van der Waals surface area contributed by atoms with E-state index < -0.39 is 24.5 Å². The molecule has 4 rings (SSSR count). The van der Waals surface area contributed by atoms with Gasteiger partial charge in [0.15, 0.2) is 17.4 Å². The number of hydrogen-bond donors (Lipinski definition) is 3. The topological polar surface area (TPSA) is 118 Å². The number of aromatic nitrogens is 5. The Bertz CT molecular complexity index is 897. The van der Waals surface area contributed by atoms with Crippen molar-refractivity contribution in [3.8, 4) is 0 Å². The van der Waals surface area contributed by atoms with Gasteiger partial charge in [-0.2, -0.15) is 0 Å². The molecule has 0 unspecified atom stereocenters. The van der Waals surface area contributed by atoms with Gasteiger partial charge in [0.2, 0.25) is 5.78 Å². The molecule has 0 bridgehead atoms. The van der Waals surface area contributed by atoms with Crippen molar-refractivity contribution < 1.29 is 14.9 Å². The molecule has 116 valence electrons. The van der Waals surface area contributed by atoms with Gasteiger partial charge in [-0.3, -0.25) is 18.7 Å². The van der Waals surface area contributed by atoms with Crippen molar-refractivity contribution in [1.82, 2.24) is 23.9 Å². The van der Waals surface area contributed by atoms with E-state index in [2.05, 4.69) is 15.0 Å². The Labute approximate surface area is 123 Å². The molecule has 9 nitrogen and oxygen atoms in total. The zero-order valence-corrected chi connectivity index (χ0v) is 11.7. The lowest BCUT2D eigenvalue weighted by Crippen LogP contribution is -2.31. The highest BCUT2D eigenvalue weighted by atomic mass is 16.6. The molecule has 1 aliphatic heterocycles. The molecule has 0 aromatic carbocycles. The van der Waals surface area contributed by atoms with Gasteiger partial charge in [0, 0.05) is 12.4 Å². The number of aliphatic hydroxyl groups is 2. The molecule has 1 saturated heterocycles. The Balaban J connectivity index is 1.95. The third kappa shape index (κ3) is 1.67. The summed E-state index contributed by atoms with van der Waals surface area (Å²) in [6.45, 7) is 1.87. The fourth-order valence-electron chi connectivity index (χ4n) is 2.96. The maximum atomic E-state index is 12.0. The van der Waals surface area contributed by atoms with Crippen molar-refractivity contribution in [1.29, 1.82) is 0 Å². The second kappa shape index (κ2) is 4.63. The highest BCUT2D eigenvalue weighted by Crippen LogP contribution is 2.32. The van der Waals surface area contributed by atoms with Crippen molar-refractivity contribution in [2.75, 3.05) is 0 Å². The molecule has 1 aliphatic rings.